The first-order valence-electron chi connectivity index (χ1n) is 7.85. The molecule has 0 heterocycles. The van der Waals surface area contributed by atoms with Gasteiger partial charge in [-0.1, -0.05) is 42.5 Å². The Morgan fingerprint density at radius 2 is 1.74 bits per heavy atom. The van der Waals surface area contributed by atoms with Crippen molar-refractivity contribution < 1.29 is 9.90 Å². The number of amides is 1. The highest BCUT2D eigenvalue weighted by Gasteiger charge is 2.15. The number of aryl methyl sites for hydroxylation is 1. The number of carbonyl (C=O) groups is 1. The Hall–Kier alpha value is -2.33. The summed E-state index contributed by atoms with van der Waals surface area (Å²) in [4.78, 5) is 14.0. The average molecular weight is 312 g/mol. The van der Waals surface area contributed by atoms with Crippen molar-refractivity contribution in [1.29, 1.82) is 0 Å². The molecule has 0 bridgehead atoms. The first kappa shape index (κ1) is 17.0. The minimum Gasteiger partial charge on any atom is -0.378 e. The highest BCUT2D eigenvalue weighted by molar-refractivity contribution is 5.81. The maximum Gasteiger partial charge on any atom is 0.253 e. The van der Waals surface area contributed by atoms with Gasteiger partial charge in [0.25, 0.3) is 5.91 Å². The zero-order valence-corrected chi connectivity index (χ0v) is 13.7. The van der Waals surface area contributed by atoms with Crippen molar-refractivity contribution in [2.75, 3.05) is 25.5 Å². The Morgan fingerprint density at radius 1 is 1.09 bits per heavy atom. The molecular weight excluding hydrogens is 288 g/mol. The number of hydrogen-bond donors (Lipinski definition) is 2. The molecule has 0 aliphatic rings. The molecule has 0 spiro atoms. The average Bonchev–Trinajstić information content (AvgIpc) is 2.59. The third kappa shape index (κ3) is 5.11. The van der Waals surface area contributed by atoms with E-state index in [2.05, 4.69) is 34.5 Å². The monoisotopic (exact) mass is 312 g/mol. The summed E-state index contributed by atoms with van der Waals surface area (Å²) in [5.74, 6) is -0.348. The first-order valence-corrected chi connectivity index (χ1v) is 7.85. The Labute approximate surface area is 137 Å². The Kier molecular flexibility index (Phi) is 6.18. The van der Waals surface area contributed by atoms with Crippen LogP contribution in [0.3, 0.4) is 0 Å². The maximum atomic E-state index is 11.9. The molecule has 2 rings (SSSR count). The van der Waals surface area contributed by atoms with Crippen LogP contribution in [-0.4, -0.2) is 31.7 Å². The van der Waals surface area contributed by atoms with Crippen molar-refractivity contribution in [2.24, 2.45) is 0 Å². The molecule has 1 atom stereocenters. The van der Waals surface area contributed by atoms with Gasteiger partial charge < -0.3 is 15.3 Å². The smallest absolute Gasteiger partial charge is 0.253 e. The molecule has 0 aliphatic carbocycles. The van der Waals surface area contributed by atoms with E-state index in [0.29, 0.717) is 12.1 Å². The minimum atomic E-state index is -1.10. The summed E-state index contributed by atoms with van der Waals surface area (Å²) in [6, 6.07) is 17.4. The van der Waals surface area contributed by atoms with Crippen LogP contribution in [0.4, 0.5) is 5.69 Å². The zero-order valence-electron chi connectivity index (χ0n) is 13.7. The van der Waals surface area contributed by atoms with E-state index in [-0.39, 0.29) is 5.91 Å². The number of aliphatic hydroxyl groups is 1. The molecule has 2 aromatic carbocycles. The van der Waals surface area contributed by atoms with Crippen LogP contribution in [0.15, 0.2) is 54.6 Å². The molecule has 0 fully saturated rings. The molecule has 1 amide bonds. The van der Waals surface area contributed by atoms with Crippen molar-refractivity contribution in [3.63, 3.8) is 0 Å². The van der Waals surface area contributed by atoms with Gasteiger partial charge in [-0.15, -0.1) is 0 Å². The predicted octanol–water partition coefficient (Wildman–Crippen LogP) is 2.54. The lowest BCUT2D eigenvalue weighted by molar-refractivity contribution is -0.129. The number of benzene rings is 2. The van der Waals surface area contributed by atoms with Gasteiger partial charge in [0.2, 0.25) is 0 Å². The van der Waals surface area contributed by atoms with Crippen LogP contribution in [-0.2, 0) is 11.2 Å². The Bertz CT molecular complexity index is 609. The summed E-state index contributed by atoms with van der Waals surface area (Å²) in [6.07, 6.45) is 0.639. The molecular formula is C19H24N2O2. The Morgan fingerprint density at radius 3 is 2.35 bits per heavy atom. The van der Waals surface area contributed by atoms with E-state index >= 15 is 0 Å². The summed E-state index contributed by atoms with van der Waals surface area (Å²) in [6.45, 7) is 0.554. The third-order valence-electron chi connectivity index (χ3n) is 3.76. The molecule has 23 heavy (non-hydrogen) atoms. The normalized spacial score (nSPS) is 11.8. The van der Waals surface area contributed by atoms with Gasteiger partial charge in [0.05, 0.1) is 0 Å². The van der Waals surface area contributed by atoms with Crippen LogP contribution in [0.5, 0.6) is 0 Å². The van der Waals surface area contributed by atoms with Crippen molar-refractivity contribution in [3.05, 3.63) is 65.7 Å². The molecule has 2 N–H and O–H groups in total. The fraction of sp³-hybridized carbons (Fsp3) is 0.316. The lowest BCUT2D eigenvalue weighted by atomic mass is 10.1. The van der Waals surface area contributed by atoms with Gasteiger partial charge in [0.15, 0.2) is 6.10 Å². The van der Waals surface area contributed by atoms with Crippen LogP contribution in [0.1, 0.15) is 23.7 Å². The largest absolute Gasteiger partial charge is 0.378 e. The van der Waals surface area contributed by atoms with Crippen LogP contribution in [0.25, 0.3) is 0 Å². The minimum absolute atomic E-state index is 0.348. The fourth-order valence-corrected chi connectivity index (χ4v) is 2.35. The summed E-state index contributed by atoms with van der Waals surface area (Å²) in [5.41, 5.74) is 3.03. The first-order chi connectivity index (χ1) is 11.1. The second kappa shape index (κ2) is 8.34. The number of carbonyl (C=O) groups excluding carboxylic acids is 1. The molecule has 0 saturated heterocycles. The van der Waals surface area contributed by atoms with E-state index < -0.39 is 6.10 Å². The topological polar surface area (TPSA) is 52.6 Å². The maximum absolute atomic E-state index is 11.9. The van der Waals surface area contributed by atoms with Crippen LogP contribution < -0.4 is 10.2 Å². The third-order valence-corrected chi connectivity index (χ3v) is 3.76. The van der Waals surface area contributed by atoms with Crippen molar-refractivity contribution in [1.82, 2.24) is 5.32 Å². The van der Waals surface area contributed by atoms with E-state index in [0.717, 1.165) is 12.8 Å². The second-order valence-electron chi connectivity index (χ2n) is 5.77. The predicted molar refractivity (Wildman–Crippen MR) is 93.5 cm³/mol. The van der Waals surface area contributed by atoms with Gasteiger partial charge in [0.1, 0.15) is 0 Å². The SMILES string of the molecule is CN(C)c1ccc(CCCNC(=O)C(O)c2ccccc2)cc1. The van der Waals surface area contributed by atoms with E-state index in [1.54, 1.807) is 12.1 Å². The highest BCUT2D eigenvalue weighted by atomic mass is 16.3. The van der Waals surface area contributed by atoms with Gasteiger partial charge in [-0.05, 0) is 36.1 Å². The molecule has 4 heteroatoms. The van der Waals surface area contributed by atoms with Gasteiger partial charge in [-0.2, -0.15) is 0 Å². The molecule has 122 valence electrons. The number of rotatable bonds is 7. The van der Waals surface area contributed by atoms with Gasteiger partial charge in [-0.25, -0.2) is 0 Å². The van der Waals surface area contributed by atoms with E-state index in [4.69, 9.17) is 0 Å². The van der Waals surface area contributed by atoms with Crippen molar-refractivity contribution >= 4 is 11.6 Å². The second-order valence-corrected chi connectivity index (χ2v) is 5.77. The summed E-state index contributed by atoms with van der Waals surface area (Å²) >= 11 is 0. The van der Waals surface area contributed by atoms with Gasteiger partial charge in [-0.3, -0.25) is 4.79 Å². The summed E-state index contributed by atoms with van der Waals surface area (Å²) in [5, 5.41) is 12.8. The molecule has 2 aromatic rings. The lowest BCUT2D eigenvalue weighted by Crippen LogP contribution is -2.30. The van der Waals surface area contributed by atoms with Gasteiger partial charge >= 0.3 is 0 Å². The van der Waals surface area contributed by atoms with Crippen LogP contribution in [0.2, 0.25) is 0 Å². The van der Waals surface area contributed by atoms with Crippen molar-refractivity contribution in [3.8, 4) is 0 Å². The van der Waals surface area contributed by atoms with Crippen molar-refractivity contribution in [2.45, 2.75) is 18.9 Å². The zero-order chi connectivity index (χ0) is 16.7. The molecule has 4 nitrogen and oxygen atoms in total. The fourth-order valence-electron chi connectivity index (χ4n) is 2.35. The number of anilines is 1. The molecule has 0 aromatic heterocycles. The number of nitrogens with zero attached hydrogens (tertiary/aromatic N) is 1. The lowest BCUT2D eigenvalue weighted by Gasteiger charge is -2.13. The van der Waals surface area contributed by atoms with Gasteiger partial charge in [0, 0.05) is 26.3 Å². The molecule has 0 radical (unpaired) electrons. The van der Waals surface area contributed by atoms with Crippen LogP contribution in [0, 0.1) is 0 Å². The number of nitrogens with one attached hydrogen (secondary N) is 1. The molecule has 1 unspecified atom stereocenters. The quantitative estimate of drug-likeness (QED) is 0.773. The molecule has 0 saturated carbocycles. The van der Waals surface area contributed by atoms with E-state index in [1.165, 1.54) is 11.3 Å². The number of hydrogen-bond acceptors (Lipinski definition) is 3. The van der Waals surface area contributed by atoms with E-state index in [9.17, 15) is 9.90 Å². The van der Waals surface area contributed by atoms with E-state index in [1.807, 2.05) is 32.3 Å². The molecule has 0 aliphatic heterocycles. The summed E-state index contributed by atoms with van der Waals surface area (Å²) < 4.78 is 0. The number of aliphatic hydroxyl groups excluding tert-OH is 1. The summed E-state index contributed by atoms with van der Waals surface area (Å²) in [7, 11) is 4.03. The highest BCUT2D eigenvalue weighted by Crippen LogP contribution is 2.14. The standard InChI is InChI=1S/C19H24N2O2/c1-21(2)17-12-10-15(11-13-17)7-6-14-20-19(23)18(22)16-8-4-3-5-9-16/h3-5,8-13,18,22H,6-7,14H2,1-2H3,(H,20,23). The Balaban J connectivity index is 1.73. The van der Waals surface area contributed by atoms with Crippen LogP contribution >= 0.6 is 0 Å².